The van der Waals surface area contributed by atoms with E-state index in [1.165, 1.54) is 27.8 Å². The number of nitriles is 1. The molecule has 1 aromatic carbocycles. The van der Waals surface area contributed by atoms with Crippen molar-refractivity contribution in [3.8, 4) is 22.9 Å². The summed E-state index contributed by atoms with van der Waals surface area (Å²) in [6.45, 7) is 1.81. The quantitative estimate of drug-likeness (QED) is 0.336. The molecule has 4 aromatic heterocycles. The third-order valence-corrected chi connectivity index (χ3v) is 5.83. The lowest BCUT2D eigenvalue weighted by molar-refractivity contribution is -0.144. The van der Waals surface area contributed by atoms with Crippen molar-refractivity contribution in [1.82, 2.24) is 39.5 Å². The lowest BCUT2D eigenvalue weighted by Gasteiger charge is -2.16. The molecular formula is C23H15F5N10. The van der Waals surface area contributed by atoms with Gasteiger partial charge in [-0.2, -0.15) is 18.4 Å². The van der Waals surface area contributed by atoms with Crippen LogP contribution in [-0.4, -0.2) is 39.5 Å². The Bertz CT molecular complexity index is 1700. The fraction of sp³-hybridized carbons (Fsp3) is 0.174. The van der Waals surface area contributed by atoms with Gasteiger partial charge in [0, 0.05) is 29.6 Å². The van der Waals surface area contributed by atoms with E-state index in [1.807, 2.05) is 0 Å². The fourth-order valence-corrected chi connectivity index (χ4v) is 4.16. The first-order valence-electron chi connectivity index (χ1n) is 11.0. The molecule has 0 spiro atoms. The zero-order chi connectivity index (χ0) is 27.2. The summed E-state index contributed by atoms with van der Waals surface area (Å²) in [5, 5.41) is 18.5. The summed E-state index contributed by atoms with van der Waals surface area (Å²) >= 11 is 0. The number of nitrogen functional groups attached to an aromatic ring is 1. The molecule has 5 rings (SSSR count). The zero-order valence-corrected chi connectivity index (χ0v) is 19.3. The highest BCUT2D eigenvalue weighted by Gasteiger charge is 2.35. The average Bonchev–Trinajstić information content (AvgIpc) is 3.50. The van der Waals surface area contributed by atoms with Crippen molar-refractivity contribution in [3.05, 3.63) is 72.0 Å². The van der Waals surface area contributed by atoms with Gasteiger partial charge in [-0.25, -0.2) is 33.4 Å². The van der Waals surface area contributed by atoms with Crippen molar-refractivity contribution in [2.24, 2.45) is 0 Å². The molecule has 38 heavy (non-hydrogen) atoms. The lowest BCUT2D eigenvalue weighted by atomic mass is 10.1. The minimum Gasteiger partial charge on any atom is -0.383 e. The first-order chi connectivity index (χ1) is 18.1. The predicted octanol–water partition coefficient (Wildman–Crippen LogP) is 4.22. The van der Waals surface area contributed by atoms with Crippen LogP contribution in [0.15, 0.2) is 43.1 Å². The van der Waals surface area contributed by atoms with Crippen LogP contribution in [0, 0.1) is 23.0 Å². The van der Waals surface area contributed by atoms with Crippen LogP contribution in [0.3, 0.4) is 0 Å². The Morgan fingerprint density at radius 3 is 2.45 bits per heavy atom. The molecule has 0 aliphatic carbocycles. The van der Waals surface area contributed by atoms with Crippen molar-refractivity contribution in [2.75, 3.05) is 5.73 Å². The molecule has 1 atom stereocenters. The van der Waals surface area contributed by atoms with Crippen LogP contribution in [0.1, 0.15) is 36.6 Å². The van der Waals surface area contributed by atoms with Gasteiger partial charge in [-0.15, -0.1) is 5.10 Å². The molecule has 5 aromatic rings. The molecule has 4 heterocycles. The van der Waals surface area contributed by atoms with Crippen LogP contribution in [0.5, 0.6) is 0 Å². The maximum Gasteiger partial charge on any atom is 0.451 e. The monoisotopic (exact) mass is 526 g/mol. The van der Waals surface area contributed by atoms with Crippen LogP contribution < -0.4 is 5.73 Å². The second-order valence-corrected chi connectivity index (χ2v) is 8.07. The number of hydrogen-bond donors (Lipinski definition) is 1. The van der Waals surface area contributed by atoms with Gasteiger partial charge >= 0.3 is 6.18 Å². The molecule has 10 nitrogen and oxygen atoms in total. The third kappa shape index (κ3) is 4.05. The Labute approximate surface area is 210 Å². The molecule has 0 amide bonds. The summed E-state index contributed by atoms with van der Waals surface area (Å²) in [6, 6.07) is 4.64. The summed E-state index contributed by atoms with van der Waals surface area (Å²) in [6.07, 6.45) is 0.179. The summed E-state index contributed by atoms with van der Waals surface area (Å²) in [5.74, 6) is -3.44. The van der Waals surface area contributed by atoms with E-state index in [0.717, 1.165) is 24.5 Å². The minimum atomic E-state index is -4.75. The van der Waals surface area contributed by atoms with E-state index in [0.29, 0.717) is 12.1 Å². The van der Waals surface area contributed by atoms with Gasteiger partial charge in [-0.05, 0) is 18.6 Å². The van der Waals surface area contributed by atoms with Gasteiger partial charge in [-0.3, -0.25) is 0 Å². The van der Waals surface area contributed by atoms with E-state index in [-0.39, 0.29) is 39.4 Å². The number of halogens is 5. The van der Waals surface area contributed by atoms with Gasteiger partial charge in [0.05, 0.1) is 23.3 Å². The first-order valence-corrected chi connectivity index (χ1v) is 11.0. The van der Waals surface area contributed by atoms with Gasteiger partial charge in [-0.1, -0.05) is 12.1 Å². The molecule has 0 fully saturated rings. The molecule has 192 valence electrons. The van der Waals surface area contributed by atoms with Crippen LogP contribution in [0.4, 0.5) is 27.8 Å². The largest absolute Gasteiger partial charge is 0.451 e. The van der Waals surface area contributed by atoms with Gasteiger partial charge in [0.15, 0.2) is 11.6 Å². The van der Waals surface area contributed by atoms with E-state index >= 15 is 0 Å². The number of aromatic nitrogens is 8. The predicted molar refractivity (Wildman–Crippen MR) is 122 cm³/mol. The number of benzene rings is 1. The highest BCUT2D eigenvalue weighted by molar-refractivity contribution is 6.03. The summed E-state index contributed by atoms with van der Waals surface area (Å²) in [5.41, 5.74) is 7.16. The topological polar surface area (TPSA) is 137 Å². The van der Waals surface area contributed by atoms with E-state index in [9.17, 15) is 27.2 Å². The van der Waals surface area contributed by atoms with Crippen molar-refractivity contribution in [2.45, 2.75) is 25.6 Å². The molecule has 0 aliphatic heterocycles. The number of fused-ring (bicyclic) bond motifs is 1. The molecule has 0 saturated heterocycles. The van der Waals surface area contributed by atoms with Crippen molar-refractivity contribution in [1.29, 1.82) is 5.26 Å². The van der Waals surface area contributed by atoms with Crippen LogP contribution >= 0.6 is 0 Å². The summed E-state index contributed by atoms with van der Waals surface area (Å²) < 4.78 is 68.9. The highest BCUT2D eigenvalue weighted by Crippen LogP contribution is 2.40. The van der Waals surface area contributed by atoms with Crippen molar-refractivity contribution < 1.29 is 22.0 Å². The molecule has 0 bridgehead atoms. The smallest absolute Gasteiger partial charge is 0.383 e. The SMILES string of the molecule is CCC(c1cn(-c2ccc(F)c(F)c2)nn1)n1c(C#N)c(-c2cnc(C(F)(F)F)nc2)c2c(N)ncnc21. The number of nitrogens with zero attached hydrogens (tertiary/aromatic N) is 9. The molecular weight excluding hydrogens is 511 g/mol. The standard InChI is InChI=1S/C23H15F5N10/c1-2-16(15-9-37(36-35-15)12-3-4-13(24)14(25)5-12)38-17(6-29)18(19-20(30)33-10-34-21(19)38)11-7-31-22(32-8-11)23(26,27)28/h3-5,7-10,16H,2H2,1H3,(H2,30,33,34). The lowest BCUT2D eigenvalue weighted by Crippen LogP contribution is -2.13. The highest BCUT2D eigenvalue weighted by atomic mass is 19.4. The second-order valence-electron chi connectivity index (χ2n) is 8.07. The Balaban J connectivity index is 1.69. The van der Waals surface area contributed by atoms with Gasteiger partial charge < -0.3 is 10.3 Å². The summed E-state index contributed by atoms with van der Waals surface area (Å²) in [4.78, 5) is 15.1. The number of anilines is 1. The Morgan fingerprint density at radius 1 is 1.08 bits per heavy atom. The molecule has 1 unspecified atom stereocenters. The summed E-state index contributed by atoms with van der Waals surface area (Å²) in [7, 11) is 0. The molecule has 0 aliphatic rings. The first kappa shape index (κ1) is 24.7. The molecule has 0 radical (unpaired) electrons. The number of nitrogens with two attached hydrogens (primary N) is 1. The van der Waals surface area contributed by atoms with E-state index < -0.39 is 29.7 Å². The third-order valence-electron chi connectivity index (χ3n) is 5.83. The second kappa shape index (κ2) is 9.14. The fourth-order valence-electron chi connectivity index (χ4n) is 4.16. The number of hydrogen-bond acceptors (Lipinski definition) is 8. The molecule has 15 heteroatoms. The maximum absolute atomic E-state index is 13.8. The van der Waals surface area contributed by atoms with Crippen LogP contribution in [0.2, 0.25) is 0 Å². The Morgan fingerprint density at radius 2 is 1.82 bits per heavy atom. The van der Waals surface area contributed by atoms with E-state index in [2.05, 4.69) is 36.3 Å². The van der Waals surface area contributed by atoms with Crippen LogP contribution in [0.25, 0.3) is 27.8 Å². The van der Waals surface area contributed by atoms with E-state index in [1.54, 1.807) is 6.92 Å². The Hall–Kier alpha value is -5.00. The van der Waals surface area contributed by atoms with Crippen molar-refractivity contribution in [3.63, 3.8) is 0 Å². The van der Waals surface area contributed by atoms with Crippen LogP contribution in [-0.2, 0) is 6.18 Å². The number of alkyl halides is 3. The zero-order valence-electron chi connectivity index (χ0n) is 19.3. The maximum atomic E-state index is 13.8. The van der Waals surface area contributed by atoms with Crippen molar-refractivity contribution >= 4 is 16.9 Å². The Kier molecular flexibility index (Phi) is 5.94. The number of rotatable bonds is 5. The van der Waals surface area contributed by atoms with Gasteiger partial charge in [0.25, 0.3) is 0 Å². The van der Waals surface area contributed by atoms with Gasteiger partial charge in [0.1, 0.15) is 35.2 Å². The molecule has 2 N–H and O–H groups in total. The average molecular weight is 526 g/mol. The molecule has 0 saturated carbocycles. The van der Waals surface area contributed by atoms with Gasteiger partial charge in [0.2, 0.25) is 5.82 Å². The van der Waals surface area contributed by atoms with E-state index in [4.69, 9.17) is 5.73 Å². The minimum absolute atomic E-state index is 0.00443. The normalized spacial score (nSPS) is 12.6.